The number of methoxy groups -OCH3 is 2. The van der Waals surface area contributed by atoms with Crippen LogP contribution in [0.4, 0.5) is 4.39 Å². The van der Waals surface area contributed by atoms with E-state index in [2.05, 4.69) is 0 Å². The number of hydrogen-bond acceptors (Lipinski definition) is 4. The second-order valence-corrected chi connectivity index (χ2v) is 3.10. The van der Waals surface area contributed by atoms with Crippen molar-refractivity contribution in [3.63, 3.8) is 0 Å². The first-order valence-electron chi connectivity index (χ1n) is 4.11. The van der Waals surface area contributed by atoms with E-state index >= 15 is 0 Å². The van der Waals surface area contributed by atoms with Gasteiger partial charge in [-0.15, -0.1) is 0 Å². The quantitative estimate of drug-likeness (QED) is 0.784. The van der Waals surface area contributed by atoms with Crippen molar-refractivity contribution < 1.29 is 19.1 Å². The minimum absolute atomic E-state index is 0.0316. The summed E-state index contributed by atoms with van der Waals surface area (Å²) in [4.78, 5) is 0. The number of halogens is 2. The number of nitrogens with one attached hydrogen (secondary N) is 1. The van der Waals surface area contributed by atoms with E-state index < -0.39 is 5.82 Å². The second kappa shape index (κ2) is 5.16. The van der Waals surface area contributed by atoms with Crippen molar-refractivity contribution >= 4 is 11.6 Å². The molecule has 1 aromatic rings. The van der Waals surface area contributed by atoms with E-state index in [1.165, 1.54) is 14.2 Å². The summed E-state index contributed by atoms with van der Waals surface area (Å²) < 4.78 is 23.2. The molecule has 0 heterocycles. The molecule has 1 aromatic carbocycles. The van der Waals surface area contributed by atoms with Crippen LogP contribution in [0.15, 0.2) is 6.07 Å². The number of benzene rings is 1. The number of ether oxygens (including phenoxy) is 2. The van der Waals surface area contributed by atoms with Crippen LogP contribution in [0.3, 0.4) is 0 Å². The Balaban J connectivity index is 3.35. The third-order valence-electron chi connectivity index (χ3n) is 1.91. The molecule has 0 unspecified atom stereocenters. The molecule has 0 aliphatic carbocycles. The Morgan fingerprint density at radius 3 is 2.60 bits per heavy atom. The molecule has 0 aromatic heterocycles. The minimum atomic E-state index is -0.625. The summed E-state index contributed by atoms with van der Waals surface area (Å²) in [6.45, 7) is -0.0316. The first-order valence-corrected chi connectivity index (χ1v) is 4.49. The Hall–Kier alpha value is -1.04. The van der Waals surface area contributed by atoms with Crippen LogP contribution < -0.4 is 15.0 Å². The Bertz CT molecular complexity index is 360. The fraction of sp³-hybridized carbons (Fsp3) is 0.333. The van der Waals surface area contributed by atoms with Gasteiger partial charge in [-0.25, -0.2) is 9.87 Å². The van der Waals surface area contributed by atoms with Crippen LogP contribution >= 0.6 is 11.6 Å². The van der Waals surface area contributed by atoms with E-state index in [1.807, 2.05) is 5.48 Å². The molecule has 0 bridgehead atoms. The monoisotopic (exact) mass is 235 g/mol. The molecule has 0 saturated heterocycles. The normalized spacial score (nSPS) is 10.2. The summed E-state index contributed by atoms with van der Waals surface area (Å²) in [6.07, 6.45) is 0. The highest BCUT2D eigenvalue weighted by Gasteiger charge is 2.17. The molecule has 0 aliphatic heterocycles. The van der Waals surface area contributed by atoms with Crippen LogP contribution in [0.25, 0.3) is 0 Å². The van der Waals surface area contributed by atoms with E-state index in [4.69, 9.17) is 26.3 Å². The fourth-order valence-electron chi connectivity index (χ4n) is 1.25. The third-order valence-corrected chi connectivity index (χ3v) is 2.32. The zero-order chi connectivity index (χ0) is 11.4. The highest BCUT2D eigenvalue weighted by molar-refractivity contribution is 6.31. The molecular weight excluding hydrogens is 225 g/mol. The summed E-state index contributed by atoms with van der Waals surface area (Å²) >= 11 is 5.72. The Morgan fingerprint density at radius 1 is 1.47 bits per heavy atom. The van der Waals surface area contributed by atoms with Gasteiger partial charge in [0, 0.05) is 11.6 Å². The van der Waals surface area contributed by atoms with Gasteiger partial charge in [0.2, 0.25) is 0 Å². The average molecular weight is 236 g/mol. The first-order chi connectivity index (χ1) is 7.15. The minimum Gasteiger partial charge on any atom is -0.493 e. The molecule has 84 valence electrons. The van der Waals surface area contributed by atoms with Gasteiger partial charge in [0.15, 0.2) is 11.5 Å². The van der Waals surface area contributed by atoms with E-state index in [-0.39, 0.29) is 17.3 Å². The highest BCUT2D eigenvalue weighted by atomic mass is 35.5. The van der Waals surface area contributed by atoms with Gasteiger partial charge in [0.05, 0.1) is 25.8 Å². The maximum absolute atomic E-state index is 13.3. The van der Waals surface area contributed by atoms with E-state index in [0.717, 1.165) is 6.07 Å². The van der Waals surface area contributed by atoms with Crippen molar-refractivity contribution in [3.05, 3.63) is 22.5 Å². The van der Waals surface area contributed by atoms with Crippen molar-refractivity contribution in [1.29, 1.82) is 0 Å². The van der Waals surface area contributed by atoms with Crippen molar-refractivity contribution in [1.82, 2.24) is 5.48 Å². The zero-order valence-electron chi connectivity index (χ0n) is 8.30. The Morgan fingerprint density at radius 2 is 2.13 bits per heavy atom. The van der Waals surface area contributed by atoms with Crippen molar-refractivity contribution in [2.24, 2.45) is 0 Å². The highest BCUT2D eigenvalue weighted by Crippen LogP contribution is 2.37. The Labute approximate surface area is 91.5 Å². The molecule has 6 heteroatoms. The predicted octanol–water partition coefficient (Wildman–Crippen LogP) is 1.98. The van der Waals surface area contributed by atoms with Crippen LogP contribution in [0.5, 0.6) is 11.5 Å². The summed E-state index contributed by atoms with van der Waals surface area (Å²) in [5.41, 5.74) is 2.20. The summed E-state index contributed by atoms with van der Waals surface area (Å²) in [7, 11) is 2.80. The van der Waals surface area contributed by atoms with Crippen LogP contribution in [-0.2, 0) is 6.54 Å². The lowest BCUT2D eigenvalue weighted by molar-refractivity contribution is 0.160. The van der Waals surface area contributed by atoms with Gasteiger partial charge < -0.3 is 14.7 Å². The lowest BCUT2D eigenvalue weighted by Gasteiger charge is -2.14. The molecule has 1 rings (SSSR count). The van der Waals surface area contributed by atoms with Gasteiger partial charge in [0.25, 0.3) is 0 Å². The second-order valence-electron chi connectivity index (χ2n) is 2.72. The number of rotatable bonds is 4. The molecule has 0 aliphatic rings. The van der Waals surface area contributed by atoms with Crippen LogP contribution in [-0.4, -0.2) is 19.4 Å². The lowest BCUT2D eigenvalue weighted by Crippen LogP contribution is -2.09. The van der Waals surface area contributed by atoms with Gasteiger partial charge in [-0.1, -0.05) is 11.6 Å². The molecule has 4 nitrogen and oxygen atoms in total. The number of hydroxylamine groups is 1. The molecule has 15 heavy (non-hydrogen) atoms. The van der Waals surface area contributed by atoms with Crippen LogP contribution in [0.2, 0.25) is 5.02 Å². The van der Waals surface area contributed by atoms with Gasteiger partial charge in [-0.2, -0.15) is 0 Å². The van der Waals surface area contributed by atoms with E-state index in [1.54, 1.807) is 0 Å². The molecular formula is C9H11ClFNO3. The standard InChI is InChI=1S/C9H11ClFNO3/c1-14-7-3-6(11)8(10)5(4-12-13)9(7)15-2/h3,12-13H,4H2,1-2H3. The fourth-order valence-corrected chi connectivity index (χ4v) is 1.46. The molecule has 0 spiro atoms. The molecule has 2 N–H and O–H groups in total. The summed E-state index contributed by atoms with van der Waals surface area (Å²) in [6, 6.07) is 1.13. The maximum atomic E-state index is 13.3. The maximum Gasteiger partial charge on any atom is 0.166 e. The zero-order valence-corrected chi connectivity index (χ0v) is 9.06. The van der Waals surface area contributed by atoms with Gasteiger partial charge in [0.1, 0.15) is 5.82 Å². The molecule has 0 atom stereocenters. The smallest absolute Gasteiger partial charge is 0.166 e. The van der Waals surface area contributed by atoms with E-state index in [0.29, 0.717) is 11.3 Å². The molecule has 0 amide bonds. The van der Waals surface area contributed by atoms with Crippen molar-refractivity contribution in [2.75, 3.05) is 14.2 Å². The predicted molar refractivity (Wildman–Crippen MR) is 53.1 cm³/mol. The average Bonchev–Trinajstić information content (AvgIpc) is 2.24. The summed E-state index contributed by atoms with van der Waals surface area (Å²) in [5, 5.41) is 8.49. The van der Waals surface area contributed by atoms with Gasteiger partial charge >= 0.3 is 0 Å². The summed E-state index contributed by atoms with van der Waals surface area (Å²) in [5.74, 6) is -0.102. The van der Waals surface area contributed by atoms with Crippen molar-refractivity contribution in [3.8, 4) is 11.5 Å². The van der Waals surface area contributed by atoms with E-state index in [9.17, 15) is 4.39 Å². The first kappa shape index (κ1) is 12.0. The van der Waals surface area contributed by atoms with Crippen LogP contribution in [0, 0.1) is 5.82 Å². The Kier molecular flexibility index (Phi) is 4.14. The lowest BCUT2D eigenvalue weighted by atomic mass is 10.1. The van der Waals surface area contributed by atoms with Gasteiger partial charge in [-0.3, -0.25) is 0 Å². The van der Waals surface area contributed by atoms with Gasteiger partial charge in [-0.05, 0) is 0 Å². The topological polar surface area (TPSA) is 50.7 Å². The third kappa shape index (κ3) is 2.31. The van der Waals surface area contributed by atoms with Crippen molar-refractivity contribution in [2.45, 2.75) is 6.54 Å². The SMILES string of the molecule is COc1cc(F)c(Cl)c(CNO)c1OC. The molecule has 0 fully saturated rings. The molecule has 0 radical (unpaired) electrons. The largest absolute Gasteiger partial charge is 0.493 e. The van der Waals surface area contributed by atoms with Crippen LogP contribution in [0.1, 0.15) is 5.56 Å². The molecule has 0 saturated carbocycles. The number of hydrogen-bond donors (Lipinski definition) is 2.